The summed E-state index contributed by atoms with van der Waals surface area (Å²) in [6.45, 7) is 3.38. The number of carbonyl (C=O) groups excluding carboxylic acids is 2. The summed E-state index contributed by atoms with van der Waals surface area (Å²) in [7, 11) is 0. The van der Waals surface area contributed by atoms with E-state index >= 15 is 0 Å². The molecule has 5 heteroatoms. The molecule has 15 heavy (non-hydrogen) atoms. The van der Waals surface area contributed by atoms with Crippen LogP contribution < -0.4 is 11.5 Å². The molecule has 1 rings (SSSR count). The molecule has 5 nitrogen and oxygen atoms in total. The number of hydrogen-bond donors (Lipinski definition) is 2. The second-order valence-corrected chi connectivity index (χ2v) is 4.24. The maximum atomic E-state index is 11.0. The van der Waals surface area contributed by atoms with E-state index in [0.717, 1.165) is 12.8 Å². The van der Waals surface area contributed by atoms with Crippen LogP contribution >= 0.6 is 0 Å². The highest BCUT2D eigenvalue weighted by atomic mass is 16.1. The summed E-state index contributed by atoms with van der Waals surface area (Å²) in [4.78, 5) is 23.8. The highest BCUT2D eigenvalue weighted by Gasteiger charge is 2.28. The Bertz CT molecular complexity index is 255. The molecule has 2 atom stereocenters. The third kappa shape index (κ3) is 3.51. The van der Waals surface area contributed by atoms with Gasteiger partial charge in [-0.1, -0.05) is 0 Å². The lowest BCUT2D eigenvalue weighted by Gasteiger charge is -2.36. The first kappa shape index (κ1) is 12.0. The van der Waals surface area contributed by atoms with Crippen molar-refractivity contribution in [2.24, 2.45) is 17.4 Å². The number of hydrogen-bond acceptors (Lipinski definition) is 3. The molecule has 2 unspecified atom stereocenters. The lowest BCUT2D eigenvalue weighted by molar-refractivity contribution is -0.124. The van der Waals surface area contributed by atoms with Gasteiger partial charge in [-0.3, -0.25) is 14.5 Å². The van der Waals surface area contributed by atoms with Crippen LogP contribution in [0.5, 0.6) is 0 Å². The quantitative estimate of drug-likeness (QED) is 0.656. The molecule has 0 aromatic carbocycles. The normalized spacial score (nSPS) is 27.5. The average Bonchev–Trinajstić information content (AvgIpc) is 2.16. The van der Waals surface area contributed by atoms with Crippen LogP contribution in [0.1, 0.15) is 26.2 Å². The van der Waals surface area contributed by atoms with Crippen molar-refractivity contribution in [2.45, 2.75) is 32.2 Å². The van der Waals surface area contributed by atoms with Crippen molar-refractivity contribution < 1.29 is 9.59 Å². The molecule has 1 fully saturated rings. The first-order valence-electron chi connectivity index (χ1n) is 5.32. The molecule has 1 heterocycles. The van der Waals surface area contributed by atoms with Crippen LogP contribution in [0.3, 0.4) is 0 Å². The maximum absolute atomic E-state index is 11.0. The summed E-state index contributed by atoms with van der Waals surface area (Å²) in [5.41, 5.74) is 10.4. The predicted octanol–water partition coefficient (Wildman–Crippen LogP) is -0.552. The highest BCUT2D eigenvalue weighted by molar-refractivity contribution is 5.77. The van der Waals surface area contributed by atoms with Crippen LogP contribution in [-0.4, -0.2) is 35.8 Å². The van der Waals surface area contributed by atoms with E-state index < -0.39 is 0 Å². The Balaban J connectivity index is 2.46. The van der Waals surface area contributed by atoms with Crippen LogP contribution in [0.15, 0.2) is 0 Å². The Labute approximate surface area is 89.8 Å². The fourth-order valence-electron chi connectivity index (χ4n) is 1.98. The van der Waals surface area contributed by atoms with Crippen molar-refractivity contribution in [3.63, 3.8) is 0 Å². The second-order valence-electron chi connectivity index (χ2n) is 4.24. The molecule has 0 saturated carbocycles. The third-order valence-corrected chi connectivity index (χ3v) is 3.06. The van der Waals surface area contributed by atoms with Crippen LogP contribution in [0.25, 0.3) is 0 Å². The van der Waals surface area contributed by atoms with Gasteiger partial charge >= 0.3 is 0 Å². The molecule has 1 aliphatic rings. The lowest BCUT2D eigenvalue weighted by Crippen LogP contribution is -2.46. The Morgan fingerprint density at radius 3 is 2.53 bits per heavy atom. The fourth-order valence-corrected chi connectivity index (χ4v) is 1.98. The number of carbonyl (C=O) groups is 2. The number of piperidine rings is 1. The third-order valence-electron chi connectivity index (χ3n) is 3.06. The first-order chi connectivity index (χ1) is 7.00. The van der Waals surface area contributed by atoms with E-state index in [4.69, 9.17) is 11.5 Å². The fraction of sp³-hybridized carbons (Fsp3) is 0.800. The molecule has 0 aliphatic carbocycles. The molecule has 0 aromatic rings. The summed E-state index contributed by atoms with van der Waals surface area (Å²) >= 11 is 0. The van der Waals surface area contributed by atoms with Gasteiger partial charge in [0.1, 0.15) is 0 Å². The van der Waals surface area contributed by atoms with Gasteiger partial charge in [0.25, 0.3) is 0 Å². The van der Waals surface area contributed by atoms with E-state index in [0.29, 0.717) is 25.6 Å². The zero-order valence-electron chi connectivity index (χ0n) is 9.11. The van der Waals surface area contributed by atoms with Crippen molar-refractivity contribution in [2.75, 3.05) is 13.1 Å². The Kier molecular flexibility index (Phi) is 4.08. The number of amides is 2. The van der Waals surface area contributed by atoms with Crippen LogP contribution in [0.4, 0.5) is 0 Å². The monoisotopic (exact) mass is 213 g/mol. The minimum Gasteiger partial charge on any atom is -0.370 e. The zero-order valence-corrected chi connectivity index (χ0v) is 9.11. The van der Waals surface area contributed by atoms with Gasteiger partial charge < -0.3 is 11.5 Å². The summed E-state index contributed by atoms with van der Waals surface area (Å²) < 4.78 is 0. The first-order valence-corrected chi connectivity index (χ1v) is 5.32. The lowest BCUT2D eigenvalue weighted by atomic mass is 9.93. The van der Waals surface area contributed by atoms with Crippen molar-refractivity contribution in [3.8, 4) is 0 Å². The van der Waals surface area contributed by atoms with Crippen molar-refractivity contribution in [1.29, 1.82) is 0 Å². The van der Waals surface area contributed by atoms with Crippen molar-refractivity contribution in [1.82, 2.24) is 4.90 Å². The standard InChI is InChI=1S/C10H19N3O2/c1-7-2-3-8(10(12)15)6-13(7)5-4-9(11)14/h7-8H,2-6H2,1H3,(H2,11,14)(H2,12,15). The average molecular weight is 213 g/mol. The predicted molar refractivity (Wildman–Crippen MR) is 56.8 cm³/mol. The topological polar surface area (TPSA) is 89.4 Å². The number of nitrogens with zero attached hydrogens (tertiary/aromatic N) is 1. The summed E-state index contributed by atoms with van der Waals surface area (Å²) in [6, 6.07) is 0.403. The molecule has 4 N–H and O–H groups in total. The molecule has 1 aliphatic heterocycles. The van der Waals surface area contributed by atoms with Gasteiger partial charge in [0.05, 0.1) is 5.92 Å². The zero-order chi connectivity index (χ0) is 11.4. The minimum absolute atomic E-state index is 0.0749. The summed E-state index contributed by atoms with van der Waals surface area (Å²) in [6.07, 6.45) is 2.14. The smallest absolute Gasteiger partial charge is 0.221 e. The van der Waals surface area contributed by atoms with E-state index in [1.54, 1.807) is 0 Å². The Morgan fingerprint density at radius 1 is 1.33 bits per heavy atom. The van der Waals surface area contributed by atoms with E-state index in [2.05, 4.69) is 11.8 Å². The van der Waals surface area contributed by atoms with Gasteiger partial charge in [-0.25, -0.2) is 0 Å². The Morgan fingerprint density at radius 2 is 2.00 bits per heavy atom. The molecule has 1 saturated heterocycles. The number of rotatable bonds is 4. The van der Waals surface area contributed by atoms with Crippen molar-refractivity contribution >= 4 is 11.8 Å². The van der Waals surface area contributed by atoms with E-state index in [9.17, 15) is 9.59 Å². The molecule has 0 bridgehead atoms. The molecular weight excluding hydrogens is 194 g/mol. The highest BCUT2D eigenvalue weighted by Crippen LogP contribution is 2.21. The van der Waals surface area contributed by atoms with E-state index in [1.807, 2.05) is 0 Å². The SMILES string of the molecule is CC1CCC(C(N)=O)CN1CCC(N)=O. The molecule has 0 spiro atoms. The Hall–Kier alpha value is -1.10. The molecular formula is C10H19N3O2. The summed E-state index contributed by atoms with van der Waals surface area (Å²) in [5.74, 6) is -0.622. The number of likely N-dealkylation sites (tertiary alicyclic amines) is 1. The van der Waals surface area contributed by atoms with Gasteiger partial charge in [0.2, 0.25) is 11.8 Å². The molecule has 2 amide bonds. The number of nitrogens with two attached hydrogens (primary N) is 2. The largest absolute Gasteiger partial charge is 0.370 e. The van der Waals surface area contributed by atoms with E-state index in [-0.39, 0.29) is 17.7 Å². The molecule has 0 radical (unpaired) electrons. The van der Waals surface area contributed by atoms with Gasteiger partial charge in [0.15, 0.2) is 0 Å². The second kappa shape index (κ2) is 5.11. The van der Waals surface area contributed by atoms with Crippen LogP contribution in [0.2, 0.25) is 0 Å². The number of primary amides is 2. The van der Waals surface area contributed by atoms with Crippen LogP contribution in [-0.2, 0) is 9.59 Å². The van der Waals surface area contributed by atoms with Crippen molar-refractivity contribution in [3.05, 3.63) is 0 Å². The van der Waals surface area contributed by atoms with Gasteiger partial charge in [-0.2, -0.15) is 0 Å². The maximum Gasteiger partial charge on any atom is 0.221 e. The summed E-state index contributed by atoms with van der Waals surface area (Å²) in [5, 5.41) is 0. The van der Waals surface area contributed by atoms with Gasteiger partial charge in [-0.05, 0) is 19.8 Å². The van der Waals surface area contributed by atoms with Gasteiger partial charge in [-0.15, -0.1) is 0 Å². The molecule has 86 valence electrons. The van der Waals surface area contributed by atoms with Crippen LogP contribution in [0, 0.1) is 5.92 Å². The van der Waals surface area contributed by atoms with Gasteiger partial charge in [0, 0.05) is 25.6 Å². The molecule has 0 aromatic heterocycles. The van der Waals surface area contributed by atoms with E-state index in [1.165, 1.54) is 0 Å². The minimum atomic E-state index is -0.302.